The van der Waals surface area contributed by atoms with Gasteiger partial charge in [-0.2, -0.15) is 0 Å². The molecule has 106 valence electrons. The van der Waals surface area contributed by atoms with Crippen LogP contribution >= 0.6 is 0 Å². The molecule has 0 saturated heterocycles. The van der Waals surface area contributed by atoms with Gasteiger partial charge in [0, 0.05) is 12.1 Å². The largest absolute Gasteiger partial charge is 0.347 e. The smallest absolute Gasteiger partial charge is 0.223 e. The average molecular weight is 262 g/mol. The fourth-order valence-electron chi connectivity index (χ4n) is 2.13. The quantitative estimate of drug-likeness (QED) is 0.878. The summed E-state index contributed by atoms with van der Waals surface area (Å²) < 4.78 is 0. The zero-order valence-electron chi connectivity index (χ0n) is 12.7. The summed E-state index contributed by atoms with van der Waals surface area (Å²) in [6.07, 6.45) is 3.72. The van der Waals surface area contributed by atoms with Crippen molar-refractivity contribution in [2.75, 3.05) is 0 Å². The Morgan fingerprint density at radius 1 is 1.37 bits per heavy atom. The molecule has 0 aliphatic rings. The minimum atomic E-state index is -0.0596. The van der Waals surface area contributed by atoms with Gasteiger partial charge in [-0.05, 0) is 24.0 Å². The van der Waals surface area contributed by atoms with Crippen molar-refractivity contribution < 1.29 is 4.79 Å². The van der Waals surface area contributed by atoms with E-state index in [0.717, 1.165) is 18.5 Å². The number of nitrogens with one attached hydrogen (secondary N) is 1. The molecular weight excluding hydrogens is 236 g/mol. The molecule has 1 N–H and O–H groups in total. The SMILES string of the molecule is CCCC(C)C(=O)N[C@@H](c1ccccn1)C(C)(C)C. The predicted octanol–water partition coefficient (Wildman–Crippen LogP) is 3.72. The molecular formula is C16H26N2O. The van der Waals surface area contributed by atoms with Gasteiger partial charge in [-0.1, -0.05) is 47.1 Å². The predicted molar refractivity (Wildman–Crippen MR) is 78.6 cm³/mol. The van der Waals surface area contributed by atoms with E-state index >= 15 is 0 Å². The summed E-state index contributed by atoms with van der Waals surface area (Å²) in [5.41, 5.74) is 0.864. The van der Waals surface area contributed by atoms with Crippen LogP contribution < -0.4 is 5.32 Å². The first-order chi connectivity index (χ1) is 8.86. The summed E-state index contributed by atoms with van der Waals surface area (Å²) in [4.78, 5) is 16.6. The number of aromatic nitrogens is 1. The average Bonchev–Trinajstić information content (AvgIpc) is 2.35. The van der Waals surface area contributed by atoms with Crippen LogP contribution in [0.3, 0.4) is 0 Å². The zero-order valence-corrected chi connectivity index (χ0v) is 12.7. The molecule has 0 spiro atoms. The van der Waals surface area contributed by atoms with Crippen molar-refractivity contribution in [1.29, 1.82) is 0 Å². The van der Waals surface area contributed by atoms with Crippen LogP contribution in [0.25, 0.3) is 0 Å². The van der Waals surface area contributed by atoms with Crippen LogP contribution in [0.15, 0.2) is 24.4 Å². The molecule has 0 bridgehead atoms. The second-order valence-corrected chi connectivity index (χ2v) is 6.25. The Labute approximate surface area is 116 Å². The van der Waals surface area contributed by atoms with E-state index in [9.17, 15) is 4.79 Å². The summed E-state index contributed by atoms with van der Waals surface area (Å²) in [7, 11) is 0. The van der Waals surface area contributed by atoms with Gasteiger partial charge in [-0.25, -0.2) is 0 Å². The topological polar surface area (TPSA) is 42.0 Å². The summed E-state index contributed by atoms with van der Waals surface area (Å²) in [6, 6.07) is 5.77. The summed E-state index contributed by atoms with van der Waals surface area (Å²) in [5.74, 6) is 0.172. The third-order valence-corrected chi connectivity index (χ3v) is 3.31. The fraction of sp³-hybridized carbons (Fsp3) is 0.625. The van der Waals surface area contributed by atoms with Gasteiger partial charge in [0.15, 0.2) is 0 Å². The number of hydrogen-bond donors (Lipinski definition) is 1. The molecule has 0 fully saturated rings. The zero-order chi connectivity index (χ0) is 14.5. The lowest BCUT2D eigenvalue weighted by Gasteiger charge is -2.32. The van der Waals surface area contributed by atoms with Gasteiger partial charge in [-0.3, -0.25) is 9.78 Å². The number of pyridine rings is 1. The Hall–Kier alpha value is -1.38. The number of nitrogens with zero attached hydrogens (tertiary/aromatic N) is 1. The second kappa shape index (κ2) is 6.69. The molecule has 0 aliphatic heterocycles. The van der Waals surface area contributed by atoms with Crippen molar-refractivity contribution in [3.8, 4) is 0 Å². The maximum absolute atomic E-state index is 12.2. The van der Waals surface area contributed by atoms with Crippen molar-refractivity contribution >= 4 is 5.91 Å². The van der Waals surface area contributed by atoms with E-state index in [0.29, 0.717) is 0 Å². The van der Waals surface area contributed by atoms with Gasteiger partial charge < -0.3 is 5.32 Å². The number of carbonyl (C=O) groups excluding carboxylic acids is 1. The van der Waals surface area contributed by atoms with E-state index in [2.05, 4.69) is 38.0 Å². The molecule has 1 rings (SSSR count). The molecule has 1 aromatic rings. The molecule has 0 saturated carbocycles. The normalized spacial score (nSPS) is 14.8. The second-order valence-electron chi connectivity index (χ2n) is 6.25. The summed E-state index contributed by atoms with van der Waals surface area (Å²) in [6.45, 7) is 10.5. The van der Waals surface area contributed by atoms with Gasteiger partial charge in [-0.15, -0.1) is 0 Å². The standard InChI is InChI=1S/C16H26N2O/c1-6-9-12(2)15(19)18-14(16(3,4)5)13-10-7-8-11-17-13/h7-8,10-12,14H,6,9H2,1-5H3,(H,18,19)/t12?,14-/m0/s1. The Kier molecular flexibility index (Phi) is 5.52. The minimum absolute atomic E-state index is 0.0542. The van der Waals surface area contributed by atoms with Crippen LogP contribution in [0.4, 0.5) is 0 Å². The van der Waals surface area contributed by atoms with E-state index in [1.165, 1.54) is 0 Å². The van der Waals surface area contributed by atoms with Crippen LogP contribution in [0.2, 0.25) is 0 Å². The highest BCUT2D eigenvalue weighted by Crippen LogP contribution is 2.31. The lowest BCUT2D eigenvalue weighted by atomic mass is 9.84. The summed E-state index contributed by atoms with van der Waals surface area (Å²) in [5, 5.41) is 3.16. The highest BCUT2D eigenvalue weighted by Gasteiger charge is 2.29. The van der Waals surface area contributed by atoms with Gasteiger partial charge in [0.05, 0.1) is 11.7 Å². The molecule has 1 amide bonds. The van der Waals surface area contributed by atoms with Crippen LogP contribution in [0.1, 0.15) is 59.2 Å². The Balaban J connectivity index is 2.86. The van der Waals surface area contributed by atoms with Crippen LogP contribution in [-0.4, -0.2) is 10.9 Å². The van der Waals surface area contributed by atoms with E-state index < -0.39 is 0 Å². The van der Waals surface area contributed by atoms with Gasteiger partial charge in [0.1, 0.15) is 0 Å². The molecule has 0 aliphatic carbocycles. The molecule has 0 radical (unpaired) electrons. The Morgan fingerprint density at radius 3 is 2.53 bits per heavy atom. The van der Waals surface area contributed by atoms with E-state index in [1.54, 1.807) is 6.20 Å². The third-order valence-electron chi connectivity index (χ3n) is 3.31. The molecule has 3 heteroatoms. The fourth-order valence-corrected chi connectivity index (χ4v) is 2.13. The molecule has 1 heterocycles. The lowest BCUT2D eigenvalue weighted by Crippen LogP contribution is -2.39. The number of rotatable bonds is 5. The minimum Gasteiger partial charge on any atom is -0.347 e. The molecule has 1 aromatic heterocycles. The lowest BCUT2D eigenvalue weighted by molar-refractivity contribution is -0.126. The molecule has 0 aromatic carbocycles. The maximum atomic E-state index is 12.2. The highest BCUT2D eigenvalue weighted by atomic mass is 16.1. The monoisotopic (exact) mass is 262 g/mol. The van der Waals surface area contributed by atoms with E-state index in [1.807, 2.05) is 25.1 Å². The van der Waals surface area contributed by atoms with Crippen molar-refractivity contribution in [3.63, 3.8) is 0 Å². The van der Waals surface area contributed by atoms with Gasteiger partial charge in [0.25, 0.3) is 0 Å². The van der Waals surface area contributed by atoms with Crippen LogP contribution in [0, 0.1) is 11.3 Å². The van der Waals surface area contributed by atoms with Gasteiger partial charge >= 0.3 is 0 Å². The van der Waals surface area contributed by atoms with E-state index in [4.69, 9.17) is 0 Å². The Bertz CT molecular complexity index is 395. The van der Waals surface area contributed by atoms with Crippen molar-refractivity contribution in [2.24, 2.45) is 11.3 Å². The van der Waals surface area contributed by atoms with Gasteiger partial charge in [0.2, 0.25) is 5.91 Å². The van der Waals surface area contributed by atoms with Crippen molar-refractivity contribution in [2.45, 2.75) is 53.5 Å². The summed E-state index contributed by atoms with van der Waals surface area (Å²) >= 11 is 0. The van der Waals surface area contributed by atoms with Crippen molar-refractivity contribution in [1.82, 2.24) is 10.3 Å². The molecule has 3 nitrogen and oxygen atoms in total. The molecule has 2 atom stereocenters. The number of carbonyl (C=O) groups is 1. The van der Waals surface area contributed by atoms with E-state index in [-0.39, 0.29) is 23.3 Å². The van der Waals surface area contributed by atoms with Crippen molar-refractivity contribution in [3.05, 3.63) is 30.1 Å². The number of amides is 1. The first-order valence-corrected chi connectivity index (χ1v) is 7.07. The third kappa shape index (κ3) is 4.66. The number of hydrogen-bond acceptors (Lipinski definition) is 2. The van der Waals surface area contributed by atoms with Crippen LogP contribution in [0.5, 0.6) is 0 Å². The highest BCUT2D eigenvalue weighted by molar-refractivity contribution is 5.78. The maximum Gasteiger partial charge on any atom is 0.223 e. The molecule has 1 unspecified atom stereocenters. The first kappa shape index (κ1) is 15.7. The Morgan fingerprint density at radius 2 is 2.05 bits per heavy atom. The van der Waals surface area contributed by atoms with Crippen LogP contribution in [-0.2, 0) is 4.79 Å². The molecule has 19 heavy (non-hydrogen) atoms. The first-order valence-electron chi connectivity index (χ1n) is 7.07.